The SMILES string of the molecule is COCc1nc(C(OC)C2CCCCC2)sc1C(=O)O. The minimum Gasteiger partial charge on any atom is -0.477 e. The van der Waals surface area contributed by atoms with Crippen LogP contribution in [0.1, 0.15) is 58.6 Å². The Kier molecular flexibility index (Phi) is 5.51. The predicted octanol–water partition coefficient (Wildman–Crippen LogP) is 3.26. The minimum absolute atomic E-state index is 0.0935. The third kappa shape index (κ3) is 3.37. The van der Waals surface area contributed by atoms with Gasteiger partial charge < -0.3 is 14.6 Å². The standard InChI is InChI=1S/C14H21NO4S/c1-18-8-10-12(14(16)17)20-13(15-10)11(19-2)9-6-4-3-5-7-9/h9,11H,3-8H2,1-2H3,(H,16,17). The van der Waals surface area contributed by atoms with E-state index in [0.717, 1.165) is 17.8 Å². The number of aromatic nitrogens is 1. The molecule has 20 heavy (non-hydrogen) atoms. The van der Waals surface area contributed by atoms with Gasteiger partial charge in [0, 0.05) is 14.2 Å². The van der Waals surface area contributed by atoms with Crippen LogP contribution in [0, 0.1) is 5.92 Å². The lowest BCUT2D eigenvalue weighted by atomic mass is 9.85. The van der Waals surface area contributed by atoms with Crippen molar-refractivity contribution in [1.82, 2.24) is 4.98 Å². The van der Waals surface area contributed by atoms with Crippen LogP contribution in [0.4, 0.5) is 0 Å². The Labute approximate surface area is 122 Å². The van der Waals surface area contributed by atoms with Crippen molar-refractivity contribution in [3.05, 3.63) is 15.6 Å². The first-order chi connectivity index (χ1) is 9.67. The van der Waals surface area contributed by atoms with Gasteiger partial charge in [-0.2, -0.15) is 0 Å². The molecule has 1 fully saturated rings. The zero-order valence-corrected chi connectivity index (χ0v) is 12.7. The Morgan fingerprint density at radius 2 is 2.10 bits per heavy atom. The largest absolute Gasteiger partial charge is 0.477 e. The molecule has 0 aromatic carbocycles. The fraction of sp³-hybridized carbons (Fsp3) is 0.714. The van der Waals surface area contributed by atoms with E-state index in [4.69, 9.17) is 9.47 Å². The van der Waals surface area contributed by atoms with Crippen LogP contribution in [-0.2, 0) is 16.1 Å². The van der Waals surface area contributed by atoms with Crippen LogP contribution in [-0.4, -0.2) is 30.3 Å². The van der Waals surface area contributed by atoms with E-state index in [0.29, 0.717) is 11.6 Å². The number of carbonyl (C=O) groups is 1. The molecule has 5 nitrogen and oxygen atoms in total. The summed E-state index contributed by atoms with van der Waals surface area (Å²) in [5.74, 6) is -0.503. The zero-order valence-electron chi connectivity index (χ0n) is 11.9. The lowest BCUT2D eigenvalue weighted by Gasteiger charge is -2.27. The van der Waals surface area contributed by atoms with Gasteiger partial charge in [-0.25, -0.2) is 9.78 Å². The molecule has 0 aliphatic heterocycles. The molecule has 1 saturated carbocycles. The van der Waals surface area contributed by atoms with Gasteiger partial charge in [-0.3, -0.25) is 0 Å². The van der Waals surface area contributed by atoms with Gasteiger partial charge in [-0.15, -0.1) is 11.3 Å². The Morgan fingerprint density at radius 1 is 1.40 bits per heavy atom. The van der Waals surface area contributed by atoms with Crippen molar-refractivity contribution in [3.63, 3.8) is 0 Å². The quantitative estimate of drug-likeness (QED) is 0.873. The maximum Gasteiger partial charge on any atom is 0.347 e. The molecule has 0 bridgehead atoms. The van der Waals surface area contributed by atoms with Gasteiger partial charge in [0.2, 0.25) is 0 Å². The number of methoxy groups -OCH3 is 2. The third-order valence-corrected chi connectivity index (χ3v) is 4.91. The fourth-order valence-corrected chi connectivity index (χ4v) is 3.90. The van der Waals surface area contributed by atoms with Gasteiger partial charge in [-0.05, 0) is 18.8 Å². The second-order valence-corrected chi connectivity index (χ2v) is 6.15. The van der Waals surface area contributed by atoms with Crippen molar-refractivity contribution in [1.29, 1.82) is 0 Å². The molecule has 1 aromatic heterocycles. The van der Waals surface area contributed by atoms with E-state index in [1.54, 1.807) is 14.2 Å². The van der Waals surface area contributed by atoms with E-state index < -0.39 is 5.97 Å². The van der Waals surface area contributed by atoms with Gasteiger partial charge in [0.15, 0.2) is 0 Å². The van der Waals surface area contributed by atoms with Crippen LogP contribution in [0.15, 0.2) is 0 Å². The fourth-order valence-electron chi connectivity index (χ4n) is 2.83. The molecule has 0 saturated heterocycles. The Morgan fingerprint density at radius 3 is 2.65 bits per heavy atom. The van der Waals surface area contributed by atoms with E-state index in [2.05, 4.69) is 4.98 Å². The van der Waals surface area contributed by atoms with Gasteiger partial charge in [-0.1, -0.05) is 19.3 Å². The van der Waals surface area contributed by atoms with E-state index in [1.165, 1.54) is 30.6 Å². The van der Waals surface area contributed by atoms with Gasteiger partial charge in [0.25, 0.3) is 0 Å². The normalized spacial score (nSPS) is 18.1. The highest BCUT2D eigenvalue weighted by Crippen LogP contribution is 2.38. The summed E-state index contributed by atoms with van der Waals surface area (Å²) in [6.07, 6.45) is 5.86. The molecule has 1 heterocycles. The number of hydrogen-bond donors (Lipinski definition) is 1. The van der Waals surface area contributed by atoms with E-state index in [9.17, 15) is 9.90 Å². The molecule has 6 heteroatoms. The van der Waals surface area contributed by atoms with Crippen LogP contribution >= 0.6 is 11.3 Å². The second-order valence-electron chi connectivity index (χ2n) is 5.12. The number of thiazole rings is 1. The highest BCUT2D eigenvalue weighted by molar-refractivity contribution is 7.13. The maximum absolute atomic E-state index is 11.3. The molecule has 1 aromatic rings. The number of ether oxygens (including phenoxy) is 2. The number of carboxylic acid groups (broad SMARTS) is 1. The number of hydrogen-bond acceptors (Lipinski definition) is 5. The average molecular weight is 299 g/mol. The predicted molar refractivity (Wildman–Crippen MR) is 76.1 cm³/mol. The highest BCUT2D eigenvalue weighted by atomic mass is 32.1. The Hall–Kier alpha value is -0.980. The van der Waals surface area contributed by atoms with Crippen LogP contribution in [0.3, 0.4) is 0 Å². The van der Waals surface area contributed by atoms with Crippen LogP contribution < -0.4 is 0 Å². The van der Waals surface area contributed by atoms with Crippen molar-refractivity contribution in [2.45, 2.75) is 44.8 Å². The summed E-state index contributed by atoms with van der Waals surface area (Å²) >= 11 is 1.22. The van der Waals surface area contributed by atoms with Gasteiger partial charge in [0.05, 0.1) is 12.3 Å². The molecule has 2 rings (SSSR count). The summed E-state index contributed by atoms with van der Waals surface area (Å²) < 4.78 is 10.6. The molecular weight excluding hydrogens is 278 g/mol. The molecule has 0 amide bonds. The number of nitrogens with zero attached hydrogens (tertiary/aromatic N) is 1. The Bertz CT molecular complexity index is 454. The summed E-state index contributed by atoms with van der Waals surface area (Å²) in [6, 6.07) is 0. The molecule has 1 aliphatic carbocycles. The topological polar surface area (TPSA) is 68.7 Å². The van der Waals surface area contributed by atoms with Crippen molar-refractivity contribution < 1.29 is 19.4 Å². The monoisotopic (exact) mass is 299 g/mol. The third-order valence-electron chi connectivity index (χ3n) is 3.76. The molecule has 1 aliphatic rings. The molecule has 1 N–H and O–H groups in total. The van der Waals surface area contributed by atoms with E-state index in [1.807, 2.05) is 0 Å². The maximum atomic E-state index is 11.3. The lowest BCUT2D eigenvalue weighted by molar-refractivity contribution is 0.0349. The summed E-state index contributed by atoms with van der Waals surface area (Å²) in [7, 11) is 3.22. The number of aromatic carboxylic acids is 1. The van der Waals surface area contributed by atoms with Crippen LogP contribution in [0.5, 0.6) is 0 Å². The van der Waals surface area contributed by atoms with Crippen molar-refractivity contribution in [3.8, 4) is 0 Å². The van der Waals surface area contributed by atoms with Crippen LogP contribution in [0.2, 0.25) is 0 Å². The Balaban J connectivity index is 2.24. The van der Waals surface area contributed by atoms with E-state index in [-0.39, 0.29) is 17.6 Å². The van der Waals surface area contributed by atoms with Crippen molar-refractivity contribution in [2.75, 3.05) is 14.2 Å². The highest BCUT2D eigenvalue weighted by Gasteiger charge is 2.29. The molecular formula is C14H21NO4S. The second kappa shape index (κ2) is 7.15. The molecule has 1 unspecified atom stereocenters. The van der Waals surface area contributed by atoms with Crippen LogP contribution in [0.25, 0.3) is 0 Å². The zero-order chi connectivity index (χ0) is 14.5. The number of rotatable bonds is 6. The molecule has 0 radical (unpaired) electrons. The number of carboxylic acids is 1. The minimum atomic E-state index is -0.945. The summed E-state index contributed by atoms with van der Waals surface area (Å²) in [5, 5.41) is 10.0. The van der Waals surface area contributed by atoms with Gasteiger partial charge in [0.1, 0.15) is 16.0 Å². The first-order valence-corrected chi connectivity index (χ1v) is 7.73. The van der Waals surface area contributed by atoms with Crippen molar-refractivity contribution >= 4 is 17.3 Å². The van der Waals surface area contributed by atoms with Gasteiger partial charge >= 0.3 is 5.97 Å². The first-order valence-electron chi connectivity index (χ1n) is 6.92. The lowest BCUT2D eigenvalue weighted by Crippen LogP contribution is -2.17. The summed E-state index contributed by atoms with van der Waals surface area (Å²) in [5.41, 5.74) is 0.498. The smallest absolute Gasteiger partial charge is 0.347 e. The summed E-state index contributed by atoms with van der Waals surface area (Å²) in [4.78, 5) is 16.0. The first kappa shape index (κ1) is 15.4. The molecule has 1 atom stereocenters. The molecule has 112 valence electrons. The average Bonchev–Trinajstić information content (AvgIpc) is 2.85. The van der Waals surface area contributed by atoms with E-state index >= 15 is 0 Å². The molecule has 0 spiro atoms. The summed E-state index contributed by atoms with van der Waals surface area (Å²) in [6.45, 7) is 0.221. The van der Waals surface area contributed by atoms with Crippen molar-refractivity contribution in [2.24, 2.45) is 5.92 Å².